The number of nitrogens with one attached hydrogen (secondary N) is 1. The van der Waals surface area contributed by atoms with Crippen LogP contribution in [0, 0.1) is 19.7 Å². The maximum Gasteiger partial charge on any atom is 0.282 e. The van der Waals surface area contributed by atoms with E-state index < -0.39 is 17.6 Å². The van der Waals surface area contributed by atoms with E-state index in [0.717, 1.165) is 16.0 Å². The summed E-state index contributed by atoms with van der Waals surface area (Å²) in [7, 11) is 3.04. The van der Waals surface area contributed by atoms with E-state index >= 15 is 0 Å². The molecule has 0 radical (unpaired) electrons. The average Bonchev–Trinajstić information content (AvgIpc) is 3.05. The highest BCUT2D eigenvalue weighted by molar-refractivity contribution is 6.46. The van der Waals surface area contributed by atoms with E-state index in [-0.39, 0.29) is 11.3 Å². The lowest BCUT2D eigenvalue weighted by molar-refractivity contribution is -0.120. The number of halogens is 1. The van der Waals surface area contributed by atoms with Gasteiger partial charge in [0.2, 0.25) is 0 Å². The zero-order valence-corrected chi connectivity index (χ0v) is 18.7. The van der Waals surface area contributed by atoms with E-state index in [2.05, 4.69) is 5.32 Å². The van der Waals surface area contributed by atoms with Crippen LogP contribution < -0.4 is 19.7 Å². The number of carbonyl (C=O) groups is 2. The third-order valence-corrected chi connectivity index (χ3v) is 5.49. The topological polar surface area (TPSA) is 67.9 Å². The van der Waals surface area contributed by atoms with Gasteiger partial charge in [-0.15, -0.1) is 0 Å². The molecule has 0 aliphatic carbocycles. The molecule has 1 aliphatic rings. The van der Waals surface area contributed by atoms with Gasteiger partial charge >= 0.3 is 0 Å². The summed E-state index contributed by atoms with van der Waals surface area (Å²) in [6.07, 6.45) is 0. The van der Waals surface area contributed by atoms with Crippen LogP contribution in [0.25, 0.3) is 5.57 Å². The van der Waals surface area contributed by atoms with Crippen LogP contribution in [0.4, 0.5) is 15.8 Å². The number of aryl methyl sites for hydroxylation is 2. The van der Waals surface area contributed by atoms with Crippen molar-refractivity contribution in [1.29, 1.82) is 0 Å². The van der Waals surface area contributed by atoms with Crippen molar-refractivity contribution >= 4 is 28.8 Å². The van der Waals surface area contributed by atoms with Crippen molar-refractivity contribution in [2.75, 3.05) is 24.4 Å². The first-order chi connectivity index (χ1) is 15.8. The monoisotopic (exact) mass is 446 g/mol. The Morgan fingerprint density at radius 2 is 1.58 bits per heavy atom. The van der Waals surface area contributed by atoms with Gasteiger partial charge in [0.1, 0.15) is 23.0 Å². The molecule has 1 N–H and O–H groups in total. The maximum atomic E-state index is 13.6. The quantitative estimate of drug-likeness (QED) is 0.548. The molecule has 33 heavy (non-hydrogen) atoms. The predicted molar refractivity (Wildman–Crippen MR) is 125 cm³/mol. The molecule has 0 unspecified atom stereocenters. The van der Waals surface area contributed by atoms with E-state index in [1.807, 2.05) is 26.0 Å². The standard InChI is InChI=1S/C26H23FN2O4/c1-15-5-6-16(2)21(13-15)29-25(30)23(17-7-9-18(27)10-8-17)24(26(29)31)28-20-14-19(32-3)11-12-22(20)33-4/h5-14,28H,1-4H3. The smallest absolute Gasteiger partial charge is 0.282 e. The molecular formula is C26H23FN2O4. The van der Waals surface area contributed by atoms with Gasteiger partial charge in [0, 0.05) is 6.07 Å². The molecule has 0 spiro atoms. The van der Waals surface area contributed by atoms with Gasteiger partial charge in [0.25, 0.3) is 11.8 Å². The summed E-state index contributed by atoms with van der Waals surface area (Å²) in [6, 6.07) is 16.1. The van der Waals surface area contributed by atoms with Crippen molar-refractivity contribution < 1.29 is 23.5 Å². The second-order valence-electron chi connectivity index (χ2n) is 7.68. The first-order valence-electron chi connectivity index (χ1n) is 10.3. The molecule has 1 aliphatic heterocycles. The van der Waals surface area contributed by atoms with E-state index in [4.69, 9.17) is 9.47 Å². The third-order valence-electron chi connectivity index (χ3n) is 5.49. The molecule has 4 rings (SSSR count). The van der Waals surface area contributed by atoms with E-state index in [1.54, 1.807) is 24.3 Å². The van der Waals surface area contributed by atoms with Gasteiger partial charge in [0.15, 0.2) is 0 Å². The van der Waals surface area contributed by atoms with Gasteiger partial charge in [-0.2, -0.15) is 0 Å². The van der Waals surface area contributed by atoms with Crippen molar-refractivity contribution in [1.82, 2.24) is 0 Å². The number of ether oxygens (including phenoxy) is 2. The average molecular weight is 446 g/mol. The zero-order valence-electron chi connectivity index (χ0n) is 18.7. The van der Waals surface area contributed by atoms with Gasteiger partial charge in [0.05, 0.1) is 31.2 Å². The van der Waals surface area contributed by atoms with Gasteiger partial charge in [-0.25, -0.2) is 9.29 Å². The number of imide groups is 1. The fourth-order valence-corrected chi connectivity index (χ4v) is 3.76. The fraction of sp³-hybridized carbons (Fsp3) is 0.154. The molecule has 168 valence electrons. The number of methoxy groups -OCH3 is 2. The lowest BCUT2D eigenvalue weighted by Crippen LogP contribution is -2.33. The number of nitrogens with zero attached hydrogens (tertiary/aromatic N) is 1. The molecule has 1 heterocycles. The normalized spacial score (nSPS) is 13.5. The number of carbonyl (C=O) groups excluding carboxylic acids is 2. The second-order valence-corrected chi connectivity index (χ2v) is 7.68. The second kappa shape index (κ2) is 8.78. The van der Waals surface area contributed by atoms with Crippen LogP contribution in [-0.2, 0) is 9.59 Å². The van der Waals surface area contributed by atoms with Gasteiger partial charge in [-0.3, -0.25) is 9.59 Å². The number of rotatable bonds is 6. The molecule has 0 saturated heterocycles. The summed E-state index contributed by atoms with van der Waals surface area (Å²) < 4.78 is 24.3. The summed E-state index contributed by atoms with van der Waals surface area (Å²) in [5.74, 6) is -0.438. The van der Waals surface area contributed by atoms with Crippen LogP contribution in [0.3, 0.4) is 0 Å². The largest absolute Gasteiger partial charge is 0.497 e. The fourth-order valence-electron chi connectivity index (χ4n) is 3.76. The van der Waals surface area contributed by atoms with Crippen LogP contribution in [-0.4, -0.2) is 26.0 Å². The van der Waals surface area contributed by atoms with Crippen molar-refractivity contribution in [3.8, 4) is 11.5 Å². The van der Waals surface area contributed by atoms with Crippen LogP contribution >= 0.6 is 0 Å². The first kappa shape index (κ1) is 22.1. The minimum Gasteiger partial charge on any atom is -0.497 e. The molecular weight excluding hydrogens is 423 g/mol. The molecule has 0 saturated carbocycles. The maximum absolute atomic E-state index is 13.6. The highest BCUT2D eigenvalue weighted by Gasteiger charge is 2.41. The molecule has 6 nitrogen and oxygen atoms in total. The van der Waals surface area contributed by atoms with E-state index in [1.165, 1.54) is 38.5 Å². The Morgan fingerprint density at radius 3 is 2.24 bits per heavy atom. The lowest BCUT2D eigenvalue weighted by atomic mass is 10.0. The molecule has 3 aromatic carbocycles. The summed E-state index contributed by atoms with van der Waals surface area (Å²) in [4.78, 5) is 28.4. The highest BCUT2D eigenvalue weighted by atomic mass is 19.1. The van der Waals surface area contributed by atoms with Crippen LogP contribution in [0.2, 0.25) is 0 Å². The Hall–Kier alpha value is -4.13. The van der Waals surface area contributed by atoms with Crippen molar-refractivity contribution in [2.45, 2.75) is 13.8 Å². The minimum atomic E-state index is -0.516. The van der Waals surface area contributed by atoms with Crippen LogP contribution in [0.5, 0.6) is 11.5 Å². The molecule has 0 bridgehead atoms. The zero-order chi connectivity index (χ0) is 23.7. The summed E-state index contributed by atoms with van der Waals surface area (Å²) in [5, 5.41) is 3.08. The van der Waals surface area contributed by atoms with E-state index in [0.29, 0.717) is 28.4 Å². The Labute approximate surface area is 191 Å². The number of amides is 2. The molecule has 0 fully saturated rings. The predicted octanol–water partition coefficient (Wildman–Crippen LogP) is 4.86. The number of benzene rings is 3. The van der Waals surface area contributed by atoms with Gasteiger partial charge in [-0.05, 0) is 60.9 Å². The summed E-state index contributed by atoms with van der Waals surface area (Å²) in [6.45, 7) is 3.73. The molecule has 3 aromatic rings. The number of anilines is 2. The van der Waals surface area contributed by atoms with Gasteiger partial charge in [-0.1, -0.05) is 24.3 Å². The van der Waals surface area contributed by atoms with E-state index in [9.17, 15) is 14.0 Å². The minimum absolute atomic E-state index is 0.0686. The van der Waals surface area contributed by atoms with Gasteiger partial charge < -0.3 is 14.8 Å². The Kier molecular flexibility index (Phi) is 5.87. The number of hydrogen-bond donors (Lipinski definition) is 1. The third kappa shape index (κ3) is 4.05. The first-order valence-corrected chi connectivity index (χ1v) is 10.3. The molecule has 2 amide bonds. The summed E-state index contributed by atoms with van der Waals surface area (Å²) in [5.41, 5.74) is 3.28. The number of hydrogen-bond acceptors (Lipinski definition) is 5. The van der Waals surface area contributed by atoms with Crippen molar-refractivity contribution in [3.05, 3.63) is 88.9 Å². The molecule has 7 heteroatoms. The van der Waals surface area contributed by atoms with Crippen molar-refractivity contribution in [2.24, 2.45) is 0 Å². The SMILES string of the molecule is COc1ccc(OC)c(NC2=C(c3ccc(F)cc3)C(=O)N(c3cc(C)ccc3C)C2=O)c1. The van der Waals surface area contributed by atoms with Crippen LogP contribution in [0.15, 0.2) is 66.4 Å². The van der Waals surface area contributed by atoms with Crippen LogP contribution in [0.1, 0.15) is 16.7 Å². The lowest BCUT2D eigenvalue weighted by Gasteiger charge is -2.19. The Bertz CT molecular complexity index is 1280. The molecule has 0 aromatic heterocycles. The Morgan fingerprint density at radius 1 is 0.848 bits per heavy atom. The van der Waals surface area contributed by atoms with Crippen molar-refractivity contribution in [3.63, 3.8) is 0 Å². The molecule has 0 atom stereocenters. The summed E-state index contributed by atoms with van der Waals surface area (Å²) >= 11 is 0. The highest BCUT2D eigenvalue weighted by Crippen LogP contribution is 2.38. The Balaban J connectivity index is 1.88.